The Kier molecular flexibility index (Phi) is 4.04. The van der Waals surface area contributed by atoms with Gasteiger partial charge in [0.25, 0.3) is 0 Å². The Balaban J connectivity index is 1.69. The van der Waals surface area contributed by atoms with Crippen molar-refractivity contribution < 1.29 is 0 Å². The molecule has 0 aromatic carbocycles. The summed E-state index contributed by atoms with van der Waals surface area (Å²) in [6, 6.07) is 1.45. The third-order valence-electron chi connectivity index (χ3n) is 3.44. The second-order valence-corrected chi connectivity index (χ2v) is 5.89. The van der Waals surface area contributed by atoms with Crippen LogP contribution in [-0.4, -0.2) is 36.6 Å². The van der Waals surface area contributed by atoms with E-state index in [9.17, 15) is 0 Å². The first-order valence-corrected chi connectivity index (χ1v) is 6.79. The molecule has 0 aromatic rings. The fourth-order valence-corrected chi connectivity index (χ4v) is 2.11. The number of hydrogen-bond acceptors (Lipinski definition) is 2. The second-order valence-electron chi connectivity index (χ2n) is 5.89. The van der Waals surface area contributed by atoms with Crippen LogP contribution >= 0.6 is 0 Å². The van der Waals surface area contributed by atoms with E-state index in [4.69, 9.17) is 0 Å². The Morgan fingerprint density at radius 3 is 2.50 bits per heavy atom. The maximum atomic E-state index is 4.20. The van der Waals surface area contributed by atoms with Crippen LogP contribution in [0.1, 0.15) is 39.5 Å². The first-order valence-electron chi connectivity index (χ1n) is 6.79. The van der Waals surface area contributed by atoms with E-state index in [1.165, 1.54) is 37.8 Å². The molecule has 0 heterocycles. The molecule has 2 fully saturated rings. The Bertz CT molecular complexity index is 239. The third kappa shape index (κ3) is 4.26. The summed E-state index contributed by atoms with van der Waals surface area (Å²) in [5.41, 5.74) is 1.35. The lowest BCUT2D eigenvalue weighted by Gasteiger charge is -2.23. The highest BCUT2D eigenvalue weighted by Gasteiger charge is 2.33. The van der Waals surface area contributed by atoms with Crippen molar-refractivity contribution in [2.45, 2.75) is 51.6 Å². The van der Waals surface area contributed by atoms with Gasteiger partial charge < -0.3 is 5.32 Å². The summed E-state index contributed by atoms with van der Waals surface area (Å²) in [5.74, 6) is 1.01. The van der Waals surface area contributed by atoms with Crippen molar-refractivity contribution in [2.24, 2.45) is 5.92 Å². The van der Waals surface area contributed by atoms with E-state index in [2.05, 4.69) is 30.6 Å². The maximum Gasteiger partial charge on any atom is 0.0205 e. The van der Waals surface area contributed by atoms with Crippen LogP contribution in [0.4, 0.5) is 0 Å². The standard InChI is InChI=1S/C14H26N2/c1-11(2)15-8-12(3)9-16(14-6-7-14)10-13-4-5-13/h11,13-15H,3-10H2,1-2H3. The van der Waals surface area contributed by atoms with Crippen LogP contribution in [0.2, 0.25) is 0 Å². The minimum Gasteiger partial charge on any atom is -0.311 e. The van der Waals surface area contributed by atoms with Crippen molar-refractivity contribution in [3.8, 4) is 0 Å². The molecule has 2 heteroatoms. The molecule has 2 rings (SSSR count). The van der Waals surface area contributed by atoms with Crippen molar-refractivity contribution in [1.29, 1.82) is 0 Å². The van der Waals surface area contributed by atoms with Gasteiger partial charge in [0.1, 0.15) is 0 Å². The molecule has 0 aliphatic heterocycles. The predicted molar refractivity (Wildman–Crippen MR) is 69.6 cm³/mol. The monoisotopic (exact) mass is 222 g/mol. The molecule has 0 radical (unpaired) electrons. The lowest BCUT2D eigenvalue weighted by molar-refractivity contribution is 0.272. The molecule has 0 spiro atoms. The van der Waals surface area contributed by atoms with Gasteiger partial charge >= 0.3 is 0 Å². The Morgan fingerprint density at radius 2 is 2.00 bits per heavy atom. The SMILES string of the molecule is C=C(CNC(C)C)CN(CC1CC1)C1CC1. The van der Waals surface area contributed by atoms with Gasteiger partial charge in [0.15, 0.2) is 0 Å². The van der Waals surface area contributed by atoms with Gasteiger partial charge in [-0.2, -0.15) is 0 Å². The maximum absolute atomic E-state index is 4.20. The molecule has 0 bridgehead atoms. The van der Waals surface area contributed by atoms with Crippen molar-refractivity contribution >= 4 is 0 Å². The summed E-state index contributed by atoms with van der Waals surface area (Å²) in [4.78, 5) is 2.67. The molecule has 0 aromatic heterocycles. The fourth-order valence-electron chi connectivity index (χ4n) is 2.11. The molecule has 16 heavy (non-hydrogen) atoms. The van der Waals surface area contributed by atoms with Crippen molar-refractivity contribution in [3.05, 3.63) is 12.2 Å². The number of rotatable bonds is 8. The first-order chi connectivity index (χ1) is 7.65. The van der Waals surface area contributed by atoms with E-state index in [0.717, 1.165) is 25.0 Å². The minimum atomic E-state index is 0.564. The first kappa shape index (κ1) is 12.1. The largest absolute Gasteiger partial charge is 0.311 e. The molecular weight excluding hydrogens is 196 g/mol. The van der Waals surface area contributed by atoms with Crippen LogP contribution in [0.3, 0.4) is 0 Å². The van der Waals surface area contributed by atoms with Gasteiger partial charge in [-0.05, 0) is 37.2 Å². The van der Waals surface area contributed by atoms with Gasteiger partial charge in [-0.15, -0.1) is 0 Å². The van der Waals surface area contributed by atoms with Crippen LogP contribution in [0, 0.1) is 5.92 Å². The van der Waals surface area contributed by atoms with E-state index >= 15 is 0 Å². The van der Waals surface area contributed by atoms with E-state index in [1.54, 1.807) is 0 Å². The van der Waals surface area contributed by atoms with E-state index in [-0.39, 0.29) is 0 Å². The van der Waals surface area contributed by atoms with Gasteiger partial charge in [-0.3, -0.25) is 4.90 Å². The molecule has 2 saturated carbocycles. The highest BCUT2D eigenvalue weighted by atomic mass is 15.2. The molecule has 0 unspecified atom stereocenters. The third-order valence-corrected chi connectivity index (χ3v) is 3.44. The molecule has 2 nitrogen and oxygen atoms in total. The molecule has 0 amide bonds. The van der Waals surface area contributed by atoms with Crippen molar-refractivity contribution in [1.82, 2.24) is 10.2 Å². The summed E-state index contributed by atoms with van der Waals surface area (Å²) in [5, 5.41) is 3.45. The molecule has 2 aliphatic rings. The Labute approximate surface area is 100 Å². The molecule has 0 saturated heterocycles. The Hall–Kier alpha value is -0.340. The lowest BCUT2D eigenvalue weighted by Crippen LogP contribution is -2.34. The van der Waals surface area contributed by atoms with Crippen LogP contribution in [0.25, 0.3) is 0 Å². The lowest BCUT2D eigenvalue weighted by atomic mass is 10.2. The molecule has 2 aliphatic carbocycles. The van der Waals surface area contributed by atoms with Crippen LogP contribution in [0.5, 0.6) is 0 Å². The molecule has 0 atom stereocenters. The van der Waals surface area contributed by atoms with Gasteiger partial charge in [-0.1, -0.05) is 20.4 Å². The molecular formula is C14H26N2. The molecule has 92 valence electrons. The second kappa shape index (κ2) is 5.33. The van der Waals surface area contributed by atoms with Gasteiger partial charge in [0, 0.05) is 31.7 Å². The van der Waals surface area contributed by atoms with Gasteiger partial charge in [0.2, 0.25) is 0 Å². The zero-order valence-electron chi connectivity index (χ0n) is 10.8. The van der Waals surface area contributed by atoms with Gasteiger partial charge in [-0.25, -0.2) is 0 Å². The number of hydrogen-bond donors (Lipinski definition) is 1. The zero-order chi connectivity index (χ0) is 11.5. The summed E-state index contributed by atoms with van der Waals surface area (Å²) in [7, 11) is 0. The zero-order valence-corrected chi connectivity index (χ0v) is 10.8. The highest BCUT2D eigenvalue weighted by molar-refractivity contribution is 5.03. The summed E-state index contributed by atoms with van der Waals surface area (Å²) in [6.07, 6.45) is 5.75. The average Bonchev–Trinajstić information content (AvgIpc) is 3.05. The van der Waals surface area contributed by atoms with E-state index < -0.39 is 0 Å². The average molecular weight is 222 g/mol. The highest BCUT2D eigenvalue weighted by Crippen LogP contribution is 2.34. The topological polar surface area (TPSA) is 15.3 Å². The normalized spacial score (nSPS) is 20.8. The van der Waals surface area contributed by atoms with Crippen molar-refractivity contribution in [2.75, 3.05) is 19.6 Å². The van der Waals surface area contributed by atoms with E-state index in [0.29, 0.717) is 6.04 Å². The summed E-state index contributed by atoms with van der Waals surface area (Å²) < 4.78 is 0. The number of nitrogens with one attached hydrogen (secondary N) is 1. The molecule has 1 N–H and O–H groups in total. The predicted octanol–water partition coefficient (Wildman–Crippen LogP) is 2.42. The number of nitrogens with zero attached hydrogens (tertiary/aromatic N) is 1. The van der Waals surface area contributed by atoms with Crippen LogP contribution in [0.15, 0.2) is 12.2 Å². The van der Waals surface area contributed by atoms with E-state index in [1.807, 2.05) is 0 Å². The Morgan fingerprint density at radius 1 is 1.31 bits per heavy atom. The summed E-state index contributed by atoms with van der Waals surface area (Å²) >= 11 is 0. The van der Waals surface area contributed by atoms with Gasteiger partial charge in [0.05, 0.1) is 0 Å². The smallest absolute Gasteiger partial charge is 0.0205 e. The van der Waals surface area contributed by atoms with Crippen LogP contribution < -0.4 is 5.32 Å². The summed E-state index contributed by atoms with van der Waals surface area (Å²) in [6.45, 7) is 12.0. The van der Waals surface area contributed by atoms with Crippen molar-refractivity contribution in [3.63, 3.8) is 0 Å². The minimum absolute atomic E-state index is 0.564. The fraction of sp³-hybridized carbons (Fsp3) is 0.857. The van der Waals surface area contributed by atoms with Crippen LogP contribution in [-0.2, 0) is 0 Å². The quantitative estimate of drug-likeness (QED) is 0.635.